The molecule has 7 nitrogen and oxygen atoms in total. The molecule has 7 heteroatoms. The molecule has 0 aliphatic carbocycles. The van der Waals surface area contributed by atoms with E-state index in [1.807, 2.05) is 19.1 Å². The number of nitrogens with two attached hydrogens (primary N) is 1. The number of nitrogens with one attached hydrogen (secondary N) is 1. The van der Waals surface area contributed by atoms with Gasteiger partial charge in [0.1, 0.15) is 11.6 Å². The van der Waals surface area contributed by atoms with Crippen molar-refractivity contribution >= 4 is 11.7 Å². The second-order valence-corrected chi connectivity index (χ2v) is 7.29. The fourth-order valence-corrected chi connectivity index (χ4v) is 3.06. The van der Waals surface area contributed by atoms with Crippen LogP contribution < -0.4 is 19.9 Å². The lowest BCUT2D eigenvalue weighted by Gasteiger charge is -2.17. The fourth-order valence-electron chi connectivity index (χ4n) is 3.06. The molecule has 168 valence electrons. The topological polar surface area (TPSA) is 97.9 Å². The van der Waals surface area contributed by atoms with Gasteiger partial charge in [-0.05, 0) is 68.1 Å². The predicted molar refractivity (Wildman–Crippen MR) is 123 cm³/mol. The molecule has 0 aliphatic rings. The average Bonchev–Trinajstić information content (AvgIpc) is 2.78. The Bertz CT molecular complexity index is 852. The number of hydrogen-bond donors (Lipinski definition) is 2. The Morgan fingerprint density at radius 1 is 0.968 bits per heavy atom. The standard InChI is InChI=1S/C24H33N3O4/c1-4-14-27(2)24(28)19-10-13-21(29-3)22(17-19)31-16-7-5-6-15-30-20-11-8-18(9-12-20)23(25)26/h8-13,17H,4-7,14-16H2,1-3H3,(H3,25,26). The maximum Gasteiger partial charge on any atom is 0.253 e. The molecule has 0 saturated carbocycles. The monoisotopic (exact) mass is 427 g/mol. The first kappa shape index (κ1) is 24.1. The Morgan fingerprint density at radius 2 is 1.61 bits per heavy atom. The van der Waals surface area contributed by atoms with Crippen LogP contribution in [0.25, 0.3) is 0 Å². The lowest BCUT2D eigenvalue weighted by atomic mass is 10.1. The molecule has 2 aromatic rings. The summed E-state index contributed by atoms with van der Waals surface area (Å²) >= 11 is 0. The summed E-state index contributed by atoms with van der Waals surface area (Å²) in [5, 5.41) is 7.39. The molecular formula is C24H33N3O4. The van der Waals surface area contributed by atoms with Crippen LogP contribution in [0.2, 0.25) is 0 Å². The third-order valence-electron chi connectivity index (χ3n) is 4.80. The second-order valence-electron chi connectivity index (χ2n) is 7.29. The highest BCUT2D eigenvalue weighted by atomic mass is 16.5. The van der Waals surface area contributed by atoms with Crippen LogP contribution in [0.1, 0.15) is 48.5 Å². The molecule has 0 fully saturated rings. The minimum Gasteiger partial charge on any atom is -0.494 e. The summed E-state index contributed by atoms with van der Waals surface area (Å²) in [6, 6.07) is 12.5. The van der Waals surface area contributed by atoms with Crippen molar-refractivity contribution in [1.82, 2.24) is 4.90 Å². The van der Waals surface area contributed by atoms with Gasteiger partial charge in [-0.15, -0.1) is 0 Å². The van der Waals surface area contributed by atoms with Crippen LogP contribution in [-0.2, 0) is 0 Å². The highest BCUT2D eigenvalue weighted by Gasteiger charge is 2.14. The number of nitrogen functional groups attached to an aromatic ring is 1. The van der Waals surface area contributed by atoms with Crippen LogP contribution >= 0.6 is 0 Å². The van der Waals surface area contributed by atoms with E-state index in [1.165, 1.54) is 0 Å². The number of hydrogen-bond acceptors (Lipinski definition) is 5. The lowest BCUT2D eigenvalue weighted by molar-refractivity contribution is 0.0794. The molecule has 0 unspecified atom stereocenters. The van der Waals surface area contributed by atoms with E-state index in [4.69, 9.17) is 25.4 Å². The third kappa shape index (κ3) is 7.51. The molecule has 1 amide bonds. The van der Waals surface area contributed by atoms with Gasteiger partial charge in [0.05, 0.1) is 20.3 Å². The van der Waals surface area contributed by atoms with Crippen molar-refractivity contribution in [2.75, 3.05) is 33.9 Å². The number of nitrogens with zero attached hydrogens (tertiary/aromatic N) is 1. The molecule has 0 atom stereocenters. The molecule has 0 heterocycles. The first-order chi connectivity index (χ1) is 15.0. The number of benzene rings is 2. The van der Waals surface area contributed by atoms with Crippen LogP contribution in [0, 0.1) is 5.41 Å². The molecule has 0 radical (unpaired) electrons. The van der Waals surface area contributed by atoms with E-state index < -0.39 is 0 Å². The zero-order valence-electron chi connectivity index (χ0n) is 18.6. The Balaban J connectivity index is 1.75. The van der Waals surface area contributed by atoms with E-state index in [1.54, 1.807) is 49.4 Å². The number of carbonyl (C=O) groups is 1. The maximum atomic E-state index is 12.5. The first-order valence-corrected chi connectivity index (χ1v) is 10.6. The summed E-state index contributed by atoms with van der Waals surface area (Å²) in [6.45, 7) is 3.90. The van der Waals surface area contributed by atoms with Crippen molar-refractivity contribution in [1.29, 1.82) is 5.41 Å². The van der Waals surface area contributed by atoms with Gasteiger partial charge in [0, 0.05) is 24.7 Å². The van der Waals surface area contributed by atoms with Crippen molar-refractivity contribution < 1.29 is 19.0 Å². The highest BCUT2D eigenvalue weighted by molar-refractivity contribution is 5.95. The molecule has 3 N–H and O–H groups in total. The summed E-state index contributed by atoms with van der Waals surface area (Å²) in [5.74, 6) is 1.99. The fraction of sp³-hybridized carbons (Fsp3) is 0.417. The molecule has 0 bridgehead atoms. The van der Waals surface area contributed by atoms with E-state index in [2.05, 4.69) is 0 Å². The third-order valence-corrected chi connectivity index (χ3v) is 4.80. The second kappa shape index (κ2) is 12.5. The Hall–Kier alpha value is -3.22. The van der Waals surface area contributed by atoms with Gasteiger partial charge in [-0.2, -0.15) is 0 Å². The van der Waals surface area contributed by atoms with Crippen molar-refractivity contribution in [3.8, 4) is 17.2 Å². The van der Waals surface area contributed by atoms with Crippen LogP contribution in [0.5, 0.6) is 17.2 Å². The van der Waals surface area contributed by atoms with E-state index in [0.717, 1.165) is 31.4 Å². The molecule has 2 rings (SSSR count). The summed E-state index contributed by atoms with van der Waals surface area (Å²) in [5.41, 5.74) is 6.72. The van der Waals surface area contributed by atoms with Gasteiger partial charge in [0.2, 0.25) is 0 Å². The minimum atomic E-state index is -0.0252. The first-order valence-electron chi connectivity index (χ1n) is 10.6. The van der Waals surface area contributed by atoms with Gasteiger partial charge < -0.3 is 24.8 Å². The van der Waals surface area contributed by atoms with Gasteiger partial charge in [0.25, 0.3) is 5.91 Å². The number of carbonyl (C=O) groups excluding carboxylic acids is 1. The van der Waals surface area contributed by atoms with E-state index in [9.17, 15) is 4.79 Å². The summed E-state index contributed by atoms with van der Waals surface area (Å²) in [7, 11) is 3.39. The predicted octanol–water partition coefficient (Wildman–Crippen LogP) is 4.09. The van der Waals surface area contributed by atoms with E-state index in [-0.39, 0.29) is 11.7 Å². The number of ether oxygens (including phenoxy) is 3. The smallest absolute Gasteiger partial charge is 0.253 e. The molecule has 31 heavy (non-hydrogen) atoms. The molecule has 0 aliphatic heterocycles. The van der Waals surface area contributed by atoms with Gasteiger partial charge in [-0.25, -0.2) is 0 Å². The summed E-state index contributed by atoms with van der Waals surface area (Å²) in [6.07, 6.45) is 3.62. The maximum absolute atomic E-state index is 12.5. The van der Waals surface area contributed by atoms with Gasteiger partial charge in [-0.1, -0.05) is 6.92 Å². The number of amidine groups is 1. The minimum absolute atomic E-state index is 0.0252. The molecular weight excluding hydrogens is 394 g/mol. The number of methoxy groups -OCH3 is 1. The quantitative estimate of drug-likeness (QED) is 0.285. The van der Waals surface area contributed by atoms with Crippen LogP contribution in [0.3, 0.4) is 0 Å². The molecule has 2 aromatic carbocycles. The van der Waals surface area contributed by atoms with Crippen LogP contribution in [-0.4, -0.2) is 50.6 Å². The summed E-state index contributed by atoms with van der Waals surface area (Å²) in [4.78, 5) is 14.2. The van der Waals surface area contributed by atoms with Crippen molar-refractivity contribution in [3.05, 3.63) is 53.6 Å². The SMILES string of the molecule is CCCN(C)C(=O)c1ccc(OC)c(OCCCCCOc2ccc(C(=N)N)cc2)c1. The lowest BCUT2D eigenvalue weighted by Crippen LogP contribution is -2.27. The van der Waals surface area contributed by atoms with Gasteiger partial charge >= 0.3 is 0 Å². The van der Waals surface area contributed by atoms with Gasteiger partial charge in [-0.3, -0.25) is 10.2 Å². The Labute approximate surface area is 184 Å². The van der Waals surface area contributed by atoms with Crippen molar-refractivity contribution in [2.45, 2.75) is 32.6 Å². The zero-order valence-corrected chi connectivity index (χ0v) is 18.6. The number of unbranched alkanes of at least 4 members (excludes halogenated alkanes) is 2. The highest BCUT2D eigenvalue weighted by Crippen LogP contribution is 2.28. The number of amides is 1. The summed E-state index contributed by atoms with van der Waals surface area (Å²) < 4.78 is 17.0. The Kier molecular flexibility index (Phi) is 9.68. The van der Waals surface area contributed by atoms with E-state index >= 15 is 0 Å². The molecule has 0 saturated heterocycles. The normalized spacial score (nSPS) is 10.4. The molecule has 0 aromatic heterocycles. The molecule has 0 spiro atoms. The van der Waals surface area contributed by atoms with Crippen LogP contribution in [0.15, 0.2) is 42.5 Å². The zero-order chi connectivity index (χ0) is 22.6. The van der Waals surface area contributed by atoms with Crippen molar-refractivity contribution in [3.63, 3.8) is 0 Å². The van der Waals surface area contributed by atoms with Gasteiger partial charge in [0.15, 0.2) is 11.5 Å². The van der Waals surface area contributed by atoms with E-state index in [0.29, 0.717) is 42.4 Å². The Morgan fingerprint density at radius 3 is 2.23 bits per heavy atom. The van der Waals surface area contributed by atoms with Crippen LogP contribution in [0.4, 0.5) is 0 Å². The average molecular weight is 428 g/mol. The largest absolute Gasteiger partial charge is 0.494 e. The number of rotatable bonds is 13. The van der Waals surface area contributed by atoms with Crippen molar-refractivity contribution in [2.24, 2.45) is 5.73 Å².